The molecule has 0 fully saturated rings. The summed E-state index contributed by atoms with van der Waals surface area (Å²) in [6, 6.07) is 18.1. The van der Waals surface area contributed by atoms with Gasteiger partial charge in [-0.25, -0.2) is 0 Å². The zero-order valence-electron chi connectivity index (χ0n) is 16.0. The van der Waals surface area contributed by atoms with Crippen molar-refractivity contribution in [1.29, 1.82) is 0 Å². The van der Waals surface area contributed by atoms with Crippen molar-refractivity contribution >= 4 is 35.1 Å². The van der Waals surface area contributed by atoms with Gasteiger partial charge in [0.2, 0.25) is 5.91 Å². The molecule has 1 amide bonds. The summed E-state index contributed by atoms with van der Waals surface area (Å²) in [7, 11) is 0. The van der Waals surface area contributed by atoms with Gasteiger partial charge in [-0.3, -0.25) is 14.8 Å². The van der Waals surface area contributed by atoms with Crippen LogP contribution in [0.15, 0.2) is 77.9 Å². The summed E-state index contributed by atoms with van der Waals surface area (Å²) in [6.45, 7) is 1.57. The number of hydrogen-bond acceptors (Lipinski definition) is 5. The van der Waals surface area contributed by atoms with Gasteiger partial charge < -0.3 is 15.4 Å². The van der Waals surface area contributed by atoms with Gasteiger partial charge in [-0.15, -0.1) is 0 Å². The Hall–Kier alpha value is -3.64. The van der Waals surface area contributed by atoms with E-state index in [-0.39, 0.29) is 5.91 Å². The molecule has 0 atom stereocenters. The molecule has 30 heavy (non-hydrogen) atoms. The molecule has 1 aliphatic heterocycles. The first kappa shape index (κ1) is 19.7. The molecule has 2 N–H and O–H groups in total. The fourth-order valence-corrected chi connectivity index (χ4v) is 3.10. The van der Waals surface area contributed by atoms with Crippen molar-refractivity contribution in [1.82, 2.24) is 10.3 Å². The van der Waals surface area contributed by atoms with E-state index < -0.39 is 0 Å². The Kier molecular flexibility index (Phi) is 6.06. The molecule has 0 bridgehead atoms. The van der Waals surface area contributed by atoms with Crippen molar-refractivity contribution < 1.29 is 9.53 Å². The van der Waals surface area contributed by atoms with Crippen LogP contribution >= 0.6 is 11.6 Å². The van der Waals surface area contributed by atoms with E-state index in [9.17, 15) is 4.79 Å². The molecule has 0 aliphatic carbocycles. The SMILES string of the molecule is O=C(/C=C/c1cccc(Oc2ccnc(C3=NCCN3)c2)c1)Nc1cccc(Cl)c1. The molecule has 4 rings (SSSR count). The molecule has 7 heteroatoms. The van der Waals surface area contributed by atoms with Crippen molar-refractivity contribution in [2.24, 2.45) is 4.99 Å². The number of nitrogens with zero attached hydrogens (tertiary/aromatic N) is 2. The van der Waals surface area contributed by atoms with E-state index in [2.05, 4.69) is 20.6 Å². The van der Waals surface area contributed by atoms with Crippen molar-refractivity contribution in [3.8, 4) is 11.5 Å². The number of anilines is 1. The average molecular weight is 419 g/mol. The van der Waals surface area contributed by atoms with Gasteiger partial charge in [-0.05, 0) is 48.0 Å². The number of hydrogen-bond donors (Lipinski definition) is 2. The number of carbonyl (C=O) groups is 1. The van der Waals surface area contributed by atoms with Gasteiger partial charge in [0.15, 0.2) is 0 Å². The minimum atomic E-state index is -0.243. The van der Waals surface area contributed by atoms with E-state index in [0.717, 1.165) is 30.2 Å². The van der Waals surface area contributed by atoms with Crippen molar-refractivity contribution in [3.05, 3.63) is 89.2 Å². The molecule has 2 heterocycles. The Morgan fingerprint density at radius 2 is 1.97 bits per heavy atom. The Balaban J connectivity index is 1.42. The number of halogens is 1. The van der Waals surface area contributed by atoms with Gasteiger partial charge in [0, 0.05) is 35.6 Å². The lowest BCUT2D eigenvalue weighted by molar-refractivity contribution is -0.111. The molecular weight excluding hydrogens is 400 g/mol. The highest BCUT2D eigenvalue weighted by Gasteiger charge is 2.10. The summed E-state index contributed by atoms with van der Waals surface area (Å²) in [6.07, 6.45) is 4.88. The summed E-state index contributed by atoms with van der Waals surface area (Å²) in [4.78, 5) is 20.8. The molecule has 1 aromatic heterocycles. The monoisotopic (exact) mass is 418 g/mol. The van der Waals surface area contributed by atoms with Gasteiger partial charge in [0.25, 0.3) is 0 Å². The summed E-state index contributed by atoms with van der Waals surface area (Å²) < 4.78 is 5.96. The highest BCUT2D eigenvalue weighted by atomic mass is 35.5. The number of amides is 1. The maximum absolute atomic E-state index is 12.1. The molecule has 0 radical (unpaired) electrons. The summed E-state index contributed by atoms with van der Waals surface area (Å²) in [5.41, 5.74) is 2.23. The van der Waals surface area contributed by atoms with E-state index in [1.807, 2.05) is 30.3 Å². The van der Waals surface area contributed by atoms with Crippen molar-refractivity contribution in [2.45, 2.75) is 0 Å². The molecule has 6 nitrogen and oxygen atoms in total. The number of nitrogens with one attached hydrogen (secondary N) is 2. The van der Waals surface area contributed by atoms with E-state index in [1.54, 1.807) is 42.6 Å². The van der Waals surface area contributed by atoms with Crippen LogP contribution in [0.4, 0.5) is 5.69 Å². The first-order valence-corrected chi connectivity index (χ1v) is 9.81. The normalized spacial score (nSPS) is 13.0. The Labute approximate surface area is 179 Å². The second-order valence-corrected chi connectivity index (χ2v) is 6.98. The van der Waals surface area contributed by atoms with Gasteiger partial charge in [-0.2, -0.15) is 0 Å². The topological polar surface area (TPSA) is 75.6 Å². The number of amidine groups is 1. The molecule has 0 unspecified atom stereocenters. The van der Waals surface area contributed by atoms with E-state index >= 15 is 0 Å². The van der Waals surface area contributed by atoms with Crippen LogP contribution in [0.5, 0.6) is 11.5 Å². The molecular formula is C23H19ClN4O2. The average Bonchev–Trinajstić information content (AvgIpc) is 3.28. The highest BCUT2D eigenvalue weighted by molar-refractivity contribution is 6.30. The quantitative estimate of drug-likeness (QED) is 0.577. The summed E-state index contributed by atoms with van der Waals surface area (Å²) in [5, 5.41) is 6.54. The fraction of sp³-hybridized carbons (Fsp3) is 0.0870. The number of ether oxygens (including phenoxy) is 1. The van der Waals surface area contributed by atoms with Crippen LogP contribution in [0.3, 0.4) is 0 Å². The largest absolute Gasteiger partial charge is 0.457 e. The lowest BCUT2D eigenvalue weighted by Crippen LogP contribution is -2.20. The van der Waals surface area contributed by atoms with E-state index in [1.165, 1.54) is 6.08 Å². The standard InChI is InChI=1S/C23H19ClN4O2/c24-17-4-2-5-18(14-17)28-22(29)8-7-16-3-1-6-19(13-16)30-20-9-10-25-21(15-20)23-26-11-12-27-23/h1-10,13-15H,11-12H2,(H,26,27)(H,28,29)/b8-7+. The number of rotatable bonds is 6. The van der Waals surface area contributed by atoms with Gasteiger partial charge in [-0.1, -0.05) is 29.8 Å². The van der Waals surface area contributed by atoms with Gasteiger partial charge >= 0.3 is 0 Å². The molecule has 3 aromatic rings. The molecule has 1 aliphatic rings. The Morgan fingerprint density at radius 1 is 1.10 bits per heavy atom. The summed E-state index contributed by atoms with van der Waals surface area (Å²) in [5.74, 6) is 1.86. The van der Waals surface area contributed by atoms with Crippen LogP contribution in [0.2, 0.25) is 5.02 Å². The van der Waals surface area contributed by atoms with Gasteiger partial charge in [0.05, 0.1) is 6.54 Å². The third kappa shape index (κ3) is 5.24. The number of aliphatic imine (C=N–C) groups is 1. The second-order valence-electron chi connectivity index (χ2n) is 6.54. The second kappa shape index (κ2) is 9.24. The predicted molar refractivity (Wildman–Crippen MR) is 119 cm³/mol. The smallest absolute Gasteiger partial charge is 0.248 e. The molecule has 150 valence electrons. The lowest BCUT2D eigenvalue weighted by atomic mass is 10.2. The zero-order valence-corrected chi connectivity index (χ0v) is 16.8. The third-order valence-corrected chi connectivity index (χ3v) is 4.50. The number of aromatic nitrogens is 1. The van der Waals surface area contributed by atoms with Crippen LogP contribution in [-0.2, 0) is 4.79 Å². The minimum absolute atomic E-state index is 0.243. The minimum Gasteiger partial charge on any atom is -0.457 e. The fourth-order valence-electron chi connectivity index (χ4n) is 2.91. The van der Waals surface area contributed by atoms with E-state index in [0.29, 0.717) is 22.2 Å². The summed E-state index contributed by atoms with van der Waals surface area (Å²) >= 11 is 5.93. The van der Waals surface area contributed by atoms with Crippen LogP contribution in [0, 0.1) is 0 Å². The molecule has 0 saturated heterocycles. The lowest BCUT2D eigenvalue weighted by Gasteiger charge is -2.08. The number of carbonyl (C=O) groups excluding carboxylic acids is 1. The van der Waals surface area contributed by atoms with Crippen LogP contribution in [0.1, 0.15) is 11.3 Å². The predicted octanol–water partition coefficient (Wildman–Crippen LogP) is 4.53. The van der Waals surface area contributed by atoms with Gasteiger partial charge in [0.1, 0.15) is 23.0 Å². The highest BCUT2D eigenvalue weighted by Crippen LogP contribution is 2.23. The maximum Gasteiger partial charge on any atom is 0.248 e. The van der Waals surface area contributed by atoms with Crippen LogP contribution in [0.25, 0.3) is 6.08 Å². The maximum atomic E-state index is 12.1. The first-order valence-electron chi connectivity index (χ1n) is 9.43. The van der Waals surface area contributed by atoms with E-state index in [4.69, 9.17) is 16.3 Å². The Bertz CT molecular complexity index is 1130. The first-order chi connectivity index (χ1) is 14.7. The van der Waals surface area contributed by atoms with Crippen molar-refractivity contribution in [2.75, 3.05) is 18.4 Å². The molecule has 0 saturated carbocycles. The van der Waals surface area contributed by atoms with Crippen LogP contribution in [-0.4, -0.2) is 29.8 Å². The molecule has 0 spiro atoms. The van der Waals surface area contributed by atoms with Crippen molar-refractivity contribution in [3.63, 3.8) is 0 Å². The third-order valence-electron chi connectivity index (χ3n) is 4.26. The number of pyridine rings is 1. The number of benzene rings is 2. The molecule has 2 aromatic carbocycles. The zero-order chi connectivity index (χ0) is 20.8. The van der Waals surface area contributed by atoms with Crippen LogP contribution < -0.4 is 15.4 Å². The Morgan fingerprint density at radius 3 is 2.80 bits per heavy atom.